The van der Waals surface area contributed by atoms with Crippen molar-refractivity contribution in [3.63, 3.8) is 0 Å². The summed E-state index contributed by atoms with van der Waals surface area (Å²) in [6, 6.07) is 7.47. The summed E-state index contributed by atoms with van der Waals surface area (Å²) in [5, 5.41) is 8.46. The van der Waals surface area contributed by atoms with E-state index in [0.29, 0.717) is 5.75 Å². The van der Waals surface area contributed by atoms with Crippen molar-refractivity contribution in [2.24, 2.45) is 0 Å². The second-order valence-corrected chi connectivity index (χ2v) is 5.66. The molecule has 1 rings (SSSR count). The lowest BCUT2D eigenvalue weighted by molar-refractivity contribution is -0.131. The van der Waals surface area contributed by atoms with Gasteiger partial charge in [-0.1, -0.05) is 61.9 Å². The van der Waals surface area contributed by atoms with Crippen LogP contribution in [0.5, 0.6) is 5.75 Å². The molecule has 0 unspecified atom stereocenters. The number of hydrogen-bond donors (Lipinski definition) is 1. The van der Waals surface area contributed by atoms with E-state index in [1.165, 1.54) is 12.2 Å². The van der Waals surface area contributed by atoms with Crippen LogP contribution in [0, 0.1) is 0 Å². The summed E-state index contributed by atoms with van der Waals surface area (Å²) in [5.41, 5.74) is 1.16. The maximum Gasteiger partial charge on any atom is 0.336 e. The fourth-order valence-electron chi connectivity index (χ4n) is 2.09. The molecule has 4 heteroatoms. The number of aryl methyl sites for hydroxylation is 1. The predicted molar refractivity (Wildman–Crippen MR) is 104 cm³/mol. The van der Waals surface area contributed by atoms with Crippen molar-refractivity contribution in [1.82, 2.24) is 0 Å². The fourth-order valence-corrected chi connectivity index (χ4v) is 2.09. The molecule has 0 atom stereocenters. The van der Waals surface area contributed by atoms with Gasteiger partial charge in [-0.3, -0.25) is 0 Å². The fraction of sp³-hybridized carbons (Fsp3) is 0.273. The van der Waals surface area contributed by atoms with E-state index in [-0.39, 0.29) is 0 Å². The lowest BCUT2D eigenvalue weighted by atomic mass is 10.1. The highest BCUT2D eigenvalue weighted by molar-refractivity contribution is 5.84. The highest BCUT2D eigenvalue weighted by Gasteiger charge is 2.00. The van der Waals surface area contributed by atoms with Crippen molar-refractivity contribution in [2.75, 3.05) is 0 Å². The van der Waals surface area contributed by atoms with Gasteiger partial charge in [0.15, 0.2) is 0 Å². The van der Waals surface area contributed by atoms with Crippen LogP contribution in [-0.2, 0) is 16.0 Å². The molecule has 0 saturated heterocycles. The molecular weight excluding hydrogens is 328 g/mol. The predicted octanol–water partition coefficient (Wildman–Crippen LogP) is 5.02. The number of benzene rings is 1. The first-order valence-corrected chi connectivity index (χ1v) is 8.82. The van der Waals surface area contributed by atoms with Gasteiger partial charge in [-0.2, -0.15) is 0 Å². The molecule has 0 saturated carbocycles. The zero-order chi connectivity index (χ0) is 19.0. The first-order valence-electron chi connectivity index (χ1n) is 8.82. The number of aliphatic carboxylic acids is 1. The molecule has 0 spiro atoms. The van der Waals surface area contributed by atoms with Gasteiger partial charge >= 0.3 is 11.9 Å². The number of esters is 1. The molecule has 1 aromatic rings. The van der Waals surface area contributed by atoms with Gasteiger partial charge in [0.25, 0.3) is 0 Å². The quantitative estimate of drug-likeness (QED) is 0.199. The van der Waals surface area contributed by atoms with Crippen LogP contribution in [0.25, 0.3) is 0 Å². The number of allylic oxidation sites excluding steroid dienone is 6. The molecule has 26 heavy (non-hydrogen) atoms. The van der Waals surface area contributed by atoms with E-state index < -0.39 is 11.9 Å². The topological polar surface area (TPSA) is 63.6 Å². The Morgan fingerprint density at radius 1 is 0.962 bits per heavy atom. The van der Waals surface area contributed by atoms with E-state index in [9.17, 15) is 9.59 Å². The van der Waals surface area contributed by atoms with E-state index in [4.69, 9.17) is 9.84 Å². The number of ether oxygens (including phenoxy) is 1. The van der Waals surface area contributed by atoms with Gasteiger partial charge in [0.2, 0.25) is 0 Å². The van der Waals surface area contributed by atoms with Crippen LogP contribution < -0.4 is 4.74 Å². The minimum absolute atomic E-state index is 0.390. The lowest BCUT2D eigenvalue weighted by Crippen LogP contribution is -2.03. The lowest BCUT2D eigenvalue weighted by Gasteiger charge is -2.03. The van der Waals surface area contributed by atoms with Gasteiger partial charge in [0, 0.05) is 12.2 Å². The average molecular weight is 354 g/mol. The average Bonchev–Trinajstić information content (AvgIpc) is 2.62. The molecule has 4 nitrogen and oxygen atoms in total. The number of carbonyl (C=O) groups excluding carboxylic acids is 1. The molecule has 0 radical (unpaired) electrons. The normalized spacial score (nSPS) is 11.9. The van der Waals surface area contributed by atoms with Crippen molar-refractivity contribution >= 4 is 11.9 Å². The Morgan fingerprint density at radius 2 is 1.62 bits per heavy atom. The van der Waals surface area contributed by atoms with Crippen molar-refractivity contribution in [1.29, 1.82) is 0 Å². The van der Waals surface area contributed by atoms with Crippen LogP contribution in [0.2, 0.25) is 0 Å². The molecule has 0 heterocycles. The SMILES string of the molecule is CCC/C=C/C=C/C(=O)Oc1ccc(CCC/C=C/C=C/C(=O)O)cc1. The number of carbonyl (C=O) groups is 2. The third-order valence-corrected chi connectivity index (χ3v) is 3.40. The van der Waals surface area contributed by atoms with Crippen LogP contribution in [0.3, 0.4) is 0 Å². The minimum Gasteiger partial charge on any atom is -0.478 e. The highest BCUT2D eigenvalue weighted by Crippen LogP contribution is 2.14. The molecule has 0 fully saturated rings. The maximum atomic E-state index is 11.7. The van der Waals surface area contributed by atoms with Crippen molar-refractivity contribution in [3.8, 4) is 5.75 Å². The first kappa shape index (κ1) is 21.2. The summed E-state index contributed by atoms with van der Waals surface area (Å²) >= 11 is 0. The van der Waals surface area contributed by atoms with Crippen LogP contribution >= 0.6 is 0 Å². The van der Waals surface area contributed by atoms with Crippen LogP contribution in [0.15, 0.2) is 72.9 Å². The van der Waals surface area contributed by atoms with Gasteiger partial charge in [-0.25, -0.2) is 9.59 Å². The number of unbranched alkanes of at least 4 members (excludes halogenated alkanes) is 2. The second-order valence-electron chi connectivity index (χ2n) is 5.66. The summed E-state index contributed by atoms with van der Waals surface area (Å²) < 4.78 is 5.24. The van der Waals surface area contributed by atoms with Gasteiger partial charge in [0.1, 0.15) is 5.75 Å². The molecule has 138 valence electrons. The number of rotatable bonds is 11. The molecule has 0 bridgehead atoms. The Hall–Kier alpha value is -2.88. The van der Waals surface area contributed by atoms with Crippen molar-refractivity contribution < 1.29 is 19.4 Å². The summed E-state index contributed by atoms with van der Waals surface area (Å²) in [5.74, 6) is -0.808. The van der Waals surface area contributed by atoms with E-state index in [0.717, 1.165) is 43.7 Å². The molecule has 0 aromatic heterocycles. The largest absolute Gasteiger partial charge is 0.478 e. The van der Waals surface area contributed by atoms with Gasteiger partial charge < -0.3 is 9.84 Å². The summed E-state index contributed by atoms with van der Waals surface area (Å²) in [7, 11) is 0. The summed E-state index contributed by atoms with van der Waals surface area (Å²) in [6.45, 7) is 2.10. The van der Waals surface area contributed by atoms with Crippen molar-refractivity contribution in [2.45, 2.75) is 39.0 Å². The molecule has 0 aliphatic rings. The van der Waals surface area contributed by atoms with E-state index in [1.807, 2.05) is 30.4 Å². The Balaban J connectivity index is 2.32. The molecule has 0 aliphatic carbocycles. The molecular formula is C22H26O4. The number of hydrogen-bond acceptors (Lipinski definition) is 3. The standard InChI is InChI=1S/C22H26O4/c1-2-3-4-6-11-14-22(25)26-20-17-15-19(16-18-20)12-9-7-5-8-10-13-21(23)24/h4-6,8,10-11,13-18H,2-3,7,9,12H2,1H3,(H,23,24)/b6-4+,8-5+,13-10+,14-11+. The Morgan fingerprint density at radius 3 is 2.27 bits per heavy atom. The maximum absolute atomic E-state index is 11.7. The van der Waals surface area contributed by atoms with E-state index >= 15 is 0 Å². The van der Waals surface area contributed by atoms with Gasteiger partial charge in [-0.15, -0.1) is 0 Å². The Bertz CT molecular complexity index is 664. The smallest absolute Gasteiger partial charge is 0.336 e. The van der Waals surface area contributed by atoms with Gasteiger partial charge in [-0.05, 0) is 43.4 Å². The van der Waals surface area contributed by atoms with Gasteiger partial charge in [0.05, 0.1) is 0 Å². The molecule has 0 aliphatic heterocycles. The minimum atomic E-state index is -0.945. The molecule has 1 N–H and O–H groups in total. The second kappa shape index (κ2) is 13.4. The molecule has 1 aromatic carbocycles. The van der Waals surface area contributed by atoms with Crippen molar-refractivity contribution in [3.05, 3.63) is 78.4 Å². The monoisotopic (exact) mass is 354 g/mol. The Labute approximate surface area is 155 Å². The van der Waals surface area contributed by atoms with Crippen LogP contribution in [0.4, 0.5) is 0 Å². The molecule has 0 amide bonds. The first-order chi connectivity index (χ1) is 12.6. The third-order valence-electron chi connectivity index (χ3n) is 3.40. The summed E-state index contributed by atoms with van der Waals surface area (Å²) in [6.07, 6.45) is 18.1. The highest BCUT2D eigenvalue weighted by atomic mass is 16.5. The Kier molecular flexibility index (Phi) is 10.9. The zero-order valence-electron chi connectivity index (χ0n) is 15.1. The van der Waals surface area contributed by atoms with Crippen LogP contribution in [0.1, 0.15) is 38.2 Å². The number of carboxylic acids is 1. The number of carboxylic acid groups (broad SMARTS) is 1. The summed E-state index contributed by atoms with van der Waals surface area (Å²) in [4.78, 5) is 22.0. The van der Waals surface area contributed by atoms with E-state index in [2.05, 4.69) is 6.92 Å². The zero-order valence-corrected chi connectivity index (χ0v) is 15.1. The van der Waals surface area contributed by atoms with Crippen LogP contribution in [-0.4, -0.2) is 17.0 Å². The van der Waals surface area contributed by atoms with E-state index in [1.54, 1.807) is 24.3 Å². The third kappa shape index (κ3) is 10.8.